The minimum atomic E-state index is 0.123. The normalized spacial score (nSPS) is 13.9. The van der Waals surface area contributed by atoms with Crippen molar-refractivity contribution in [3.05, 3.63) is 46.9 Å². The van der Waals surface area contributed by atoms with Crippen molar-refractivity contribution in [2.24, 2.45) is 0 Å². The Morgan fingerprint density at radius 2 is 2.07 bits per heavy atom. The van der Waals surface area contributed by atoms with Crippen molar-refractivity contribution in [3.8, 4) is 0 Å². The van der Waals surface area contributed by atoms with Crippen LogP contribution in [0.5, 0.6) is 0 Å². The number of thiol groups is 1. The van der Waals surface area contributed by atoms with Crippen LogP contribution in [-0.4, -0.2) is 6.10 Å². The molecule has 1 nitrogen and oxygen atoms in total. The first kappa shape index (κ1) is 12.3. The zero-order valence-electron chi connectivity index (χ0n) is 9.31. The van der Waals surface area contributed by atoms with E-state index < -0.39 is 0 Å². The Hall–Kier alpha value is -0.730. The van der Waals surface area contributed by atoms with Gasteiger partial charge in [-0.2, -0.15) is 0 Å². The summed E-state index contributed by atoms with van der Waals surface area (Å²) in [7, 11) is 0. The second-order valence-corrected chi connectivity index (χ2v) is 4.09. The predicted octanol–water partition coefficient (Wildman–Crippen LogP) is 3.82. The summed E-state index contributed by atoms with van der Waals surface area (Å²) >= 11 is 4.33. The average molecular weight is 222 g/mol. The van der Waals surface area contributed by atoms with Crippen molar-refractivity contribution in [2.75, 3.05) is 0 Å². The first-order chi connectivity index (χ1) is 7.22. The number of benzene rings is 1. The molecule has 0 aliphatic rings. The van der Waals surface area contributed by atoms with Gasteiger partial charge in [0.25, 0.3) is 0 Å². The zero-order chi connectivity index (χ0) is 11.1. The molecule has 2 heteroatoms. The van der Waals surface area contributed by atoms with Gasteiger partial charge in [0.05, 0.1) is 12.7 Å². The number of ether oxygens (including phenoxy) is 1. The summed E-state index contributed by atoms with van der Waals surface area (Å²) in [6.07, 6.45) is 3.13. The van der Waals surface area contributed by atoms with Crippen LogP contribution in [0.1, 0.15) is 25.8 Å². The Labute approximate surface area is 97.6 Å². The third-order valence-corrected chi connectivity index (χ3v) is 2.61. The third-order valence-electron chi connectivity index (χ3n) is 2.15. The molecule has 0 aromatic heterocycles. The fourth-order valence-electron chi connectivity index (χ4n) is 1.24. The van der Waals surface area contributed by atoms with Crippen molar-refractivity contribution >= 4 is 12.6 Å². The summed E-state index contributed by atoms with van der Waals surface area (Å²) in [5.74, 6) is 0. The maximum absolute atomic E-state index is 5.68. The lowest BCUT2D eigenvalue weighted by molar-refractivity contribution is 0.0838. The fourth-order valence-corrected chi connectivity index (χ4v) is 1.45. The molecule has 15 heavy (non-hydrogen) atoms. The van der Waals surface area contributed by atoms with Crippen LogP contribution >= 0.6 is 12.6 Å². The molecule has 1 unspecified atom stereocenters. The summed E-state index contributed by atoms with van der Waals surface area (Å²) in [5.41, 5.74) is 1.20. The lowest BCUT2D eigenvalue weighted by Gasteiger charge is -2.09. The molecular weight excluding hydrogens is 204 g/mol. The van der Waals surface area contributed by atoms with Crippen molar-refractivity contribution in [1.29, 1.82) is 0 Å². The number of allylic oxidation sites excluding steroid dienone is 1. The van der Waals surface area contributed by atoms with Crippen molar-refractivity contribution in [3.63, 3.8) is 0 Å². The average Bonchev–Trinajstić information content (AvgIpc) is 2.27. The predicted molar refractivity (Wildman–Crippen MR) is 68.1 cm³/mol. The Morgan fingerprint density at radius 3 is 2.67 bits per heavy atom. The molecule has 0 bridgehead atoms. The minimum absolute atomic E-state index is 0.123. The monoisotopic (exact) mass is 222 g/mol. The molecule has 0 aliphatic heterocycles. The second-order valence-electron chi connectivity index (χ2n) is 3.51. The quantitative estimate of drug-likeness (QED) is 0.745. The molecule has 0 aliphatic carbocycles. The molecular formula is C13H18OS. The molecule has 1 atom stereocenters. The molecule has 0 N–H and O–H groups in total. The van der Waals surface area contributed by atoms with Crippen LogP contribution in [0.15, 0.2) is 41.3 Å². The molecule has 0 fully saturated rings. The van der Waals surface area contributed by atoms with Gasteiger partial charge in [0.15, 0.2) is 0 Å². The Kier molecular flexibility index (Phi) is 5.51. The van der Waals surface area contributed by atoms with Gasteiger partial charge in [0.1, 0.15) is 0 Å². The van der Waals surface area contributed by atoms with E-state index in [-0.39, 0.29) is 6.10 Å². The van der Waals surface area contributed by atoms with Crippen LogP contribution < -0.4 is 0 Å². The molecule has 82 valence electrons. The molecule has 0 spiro atoms. The minimum Gasteiger partial charge on any atom is -0.370 e. The van der Waals surface area contributed by atoms with E-state index in [1.807, 2.05) is 31.2 Å². The van der Waals surface area contributed by atoms with Crippen molar-refractivity contribution in [2.45, 2.75) is 33.0 Å². The van der Waals surface area contributed by atoms with Crippen molar-refractivity contribution < 1.29 is 4.74 Å². The SMILES string of the molecule is CC/C(S)=C\C(C)OCc1ccccc1. The maximum Gasteiger partial charge on any atom is 0.0742 e. The smallest absolute Gasteiger partial charge is 0.0742 e. The third kappa shape index (κ3) is 5.05. The van der Waals surface area contributed by atoms with Crippen LogP contribution in [0.2, 0.25) is 0 Å². The number of hydrogen-bond acceptors (Lipinski definition) is 2. The van der Waals surface area contributed by atoms with E-state index in [0.29, 0.717) is 6.61 Å². The summed E-state index contributed by atoms with van der Waals surface area (Å²) in [6.45, 7) is 4.78. The van der Waals surface area contributed by atoms with Gasteiger partial charge in [-0.05, 0) is 29.9 Å². The van der Waals surface area contributed by atoms with Gasteiger partial charge >= 0.3 is 0 Å². The maximum atomic E-state index is 5.68. The first-order valence-corrected chi connectivity index (χ1v) is 5.72. The number of rotatable bonds is 5. The van der Waals surface area contributed by atoms with E-state index in [0.717, 1.165) is 11.3 Å². The highest BCUT2D eigenvalue weighted by Gasteiger charge is 1.99. The largest absolute Gasteiger partial charge is 0.370 e. The highest BCUT2D eigenvalue weighted by molar-refractivity contribution is 7.84. The Balaban J connectivity index is 2.38. The molecule has 0 amide bonds. The van der Waals surface area contributed by atoms with Crippen LogP contribution in [-0.2, 0) is 11.3 Å². The van der Waals surface area contributed by atoms with E-state index in [1.54, 1.807) is 0 Å². The van der Waals surface area contributed by atoms with Gasteiger partial charge in [0.2, 0.25) is 0 Å². The van der Waals surface area contributed by atoms with Gasteiger partial charge in [-0.15, -0.1) is 12.6 Å². The summed E-state index contributed by atoms with van der Waals surface area (Å²) < 4.78 is 5.68. The van der Waals surface area contributed by atoms with Crippen LogP contribution in [0.3, 0.4) is 0 Å². The molecule has 0 saturated carbocycles. The van der Waals surface area contributed by atoms with Gasteiger partial charge < -0.3 is 4.74 Å². The van der Waals surface area contributed by atoms with E-state index >= 15 is 0 Å². The van der Waals surface area contributed by atoms with Crippen molar-refractivity contribution in [1.82, 2.24) is 0 Å². The van der Waals surface area contributed by atoms with E-state index in [9.17, 15) is 0 Å². The van der Waals surface area contributed by atoms with Gasteiger partial charge in [-0.25, -0.2) is 0 Å². The standard InChI is InChI=1S/C13H18OS/c1-3-13(15)9-11(2)14-10-12-7-5-4-6-8-12/h4-9,11,15H,3,10H2,1-2H3/b13-9+. The second kappa shape index (κ2) is 6.70. The summed E-state index contributed by atoms with van der Waals surface area (Å²) in [6, 6.07) is 10.2. The molecule has 1 aromatic carbocycles. The highest BCUT2D eigenvalue weighted by atomic mass is 32.1. The lowest BCUT2D eigenvalue weighted by atomic mass is 10.2. The summed E-state index contributed by atoms with van der Waals surface area (Å²) in [5, 5.41) is 0. The zero-order valence-corrected chi connectivity index (χ0v) is 10.2. The van der Waals surface area contributed by atoms with Crippen LogP contribution in [0.4, 0.5) is 0 Å². The molecule has 1 rings (SSSR count). The van der Waals surface area contributed by atoms with Gasteiger partial charge in [-0.1, -0.05) is 37.3 Å². The molecule has 0 heterocycles. The van der Waals surface area contributed by atoms with Crippen LogP contribution in [0, 0.1) is 0 Å². The molecule has 1 aromatic rings. The lowest BCUT2D eigenvalue weighted by Crippen LogP contribution is -2.04. The van der Waals surface area contributed by atoms with Gasteiger partial charge in [0, 0.05) is 0 Å². The Morgan fingerprint density at radius 1 is 1.40 bits per heavy atom. The Bertz CT molecular complexity index is 306. The number of hydrogen-bond donors (Lipinski definition) is 1. The van der Waals surface area contributed by atoms with E-state index in [1.165, 1.54) is 5.56 Å². The van der Waals surface area contributed by atoms with E-state index in [4.69, 9.17) is 4.74 Å². The van der Waals surface area contributed by atoms with Crippen LogP contribution in [0.25, 0.3) is 0 Å². The fraction of sp³-hybridized carbons (Fsp3) is 0.385. The van der Waals surface area contributed by atoms with Gasteiger partial charge in [-0.3, -0.25) is 0 Å². The molecule has 0 saturated heterocycles. The topological polar surface area (TPSA) is 9.23 Å². The first-order valence-electron chi connectivity index (χ1n) is 5.27. The highest BCUT2D eigenvalue weighted by Crippen LogP contribution is 2.10. The van der Waals surface area contributed by atoms with E-state index in [2.05, 4.69) is 31.7 Å². The molecule has 0 radical (unpaired) electrons. The summed E-state index contributed by atoms with van der Waals surface area (Å²) in [4.78, 5) is 1.08.